The van der Waals surface area contributed by atoms with Gasteiger partial charge in [0, 0.05) is 0 Å². The highest BCUT2D eigenvalue weighted by molar-refractivity contribution is 14.1. The predicted octanol–water partition coefficient (Wildman–Crippen LogP) is 3.39. The lowest BCUT2D eigenvalue weighted by Gasteiger charge is -2.13. The van der Waals surface area contributed by atoms with Gasteiger partial charge >= 0.3 is 6.36 Å². The maximum atomic E-state index is 12.0. The van der Waals surface area contributed by atoms with Crippen molar-refractivity contribution < 1.29 is 22.7 Å². The lowest BCUT2D eigenvalue weighted by atomic mass is 10.1. The Morgan fingerprint density at radius 3 is 2.47 bits per heavy atom. The molecule has 0 N–H and O–H groups in total. The quantitative estimate of drug-likeness (QED) is 0.614. The number of Topliss-reactive ketones (excluding diaryl/α,β-unsaturated/α-hetero) is 1. The lowest BCUT2D eigenvalue weighted by molar-refractivity contribution is -0.275. The second kappa shape index (κ2) is 4.38. The second-order valence-electron chi connectivity index (χ2n) is 2.72. The molecule has 0 aliphatic heterocycles. The fourth-order valence-corrected chi connectivity index (χ4v) is 1.61. The molecule has 0 aliphatic carbocycles. The Morgan fingerprint density at radius 1 is 1.40 bits per heavy atom. The highest BCUT2D eigenvalue weighted by atomic mass is 127. The van der Waals surface area contributed by atoms with Gasteiger partial charge in [0.25, 0.3) is 0 Å². The molecule has 1 aromatic rings. The third-order valence-corrected chi connectivity index (χ3v) is 2.41. The summed E-state index contributed by atoms with van der Waals surface area (Å²) >= 11 is 1.68. The zero-order chi connectivity index (χ0) is 11.6. The number of hydrogen-bond donors (Lipinski definition) is 0. The Bertz CT molecular complexity index is 387. The van der Waals surface area contributed by atoms with Crippen molar-refractivity contribution in [2.24, 2.45) is 0 Å². The van der Waals surface area contributed by atoms with Crippen molar-refractivity contribution in [1.29, 1.82) is 0 Å². The van der Waals surface area contributed by atoms with Crippen LogP contribution in [-0.2, 0) is 0 Å². The minimum atomic E-state index is -4.79. The highest BCUT2D eigenvalue weighted by Gasteiger charge is 2.33. The van der Waals surface area contributed by atoms with E-state index in [4.69, 9.17) is 0 Å². The molecule has 0 radical (unpaired) electrons. The first kappa shape index (κ1) is 12.3. The number of benzene rings is 1. The third-order valence-electron chi connectivity index (χ3n) is 1.56. The molecule has 2 nitrogen and oxygen atoms in total. The normalized spacial score (nSPS) is 11.3. The van der Waals surface area contributed by atoms with Gasteiger partial charge < -0.3 is 4.74 Å². The van der Waals surface area contributed by atoms with Crippen LogP contribution in [0.3, 0.4) is 0 Å². The third kappa shape index (κ3) is 3.37. The molecule has 0 fully saturated rings. The standard InChI is InChI=1S/C9H6F3IO2/c1-5(14)6-3-2-4-7(13)8(6)15-9(10,11)12/h2-4H,1H3. The van der Waals surface area contributed by atoms with Gasteiger partial charge in [-0.15, -0.1) is 13.2 Å². The summed E-state index contributed by atoms with van der Waals surface area (Å²) in [4.78, 5) is 11.1. The minimum absolute atomic E-state index is 0.0702. The number of hydrogen-bond acceptors (Lipinski definition) is 2. The lowest BCUT2D eigenvalue weighted by Crippen LogP contribution is -2.19. The Kier molecular flexibility index (Phi) is 3.58. The summed E-state index contributed by atoms with van der Waals surface area (Å²) in [6.07, 6.45) is -4.79. The molecule has 0 aliphatic rings. The number of halogens is 4. The molecular weight excluding hydrogens is 324 g/mol. The predicted molar refractivity (Wildman–Crippen MR) is 55.8 cm³/mol. The first-order chi connectivity index (χ1) is 6.81. The van der Waals surface area contributed by atoms with Crippen molar-refractivity contribution in [3.05, 3.63) is 27.3 Å². The van der Waals surface area contributed by atoms with E-state index in [2.05, 4.69) is 4.74 Å². The Balaban J connectivity index is 3.19. The first-order valence-electron chi connectivity index (χ1n) is 3.86. The molecule has 0 bridgehead atoms. The van der Waals surface area contributed by atoms with Gasteiger partial charge in [0.15, 0.2) is 11.5 Å². The van der Waals surface area contributed by atoms with Gasteiger partial charge in [-0.2, -0.15) is 0 Å². The van der Waals surface area contributed by atoms with Crippen molar-refractivity contribution in [2.45, 2.75) is 13.3 Å². The van der Waals surface area contributed by atoms with E-state index >= 15 is 0 Å². The monoisotopic (exact) mass is 330 g/mol. The van der Waals surface area contributed by atoms with Gasteiger partial charge in [-0.05, 0) is 41.6 Å². The summed E-state index contributed by atoms with van der Waals surface area (Å²) in [5, 5.41) is 0. The zero-order valence-electron chi connectivity index (χ0n) is 7.56. The van der Waals surface area contributed by atoms with Crippen molar-refractivity contribution in [1.82, 2.24) is 0 Å². The van der Waals surface area contributed by atoms with Gasteiger partial charge in [0.05, 0.1) is 9.13 Å². The van der Waals surface area contributed by atoms with Crippen molar-refractivity contribution in [3.8, 4) is 5.75 Å². The Hall–Kier alpha value is -0.790. The zero-order valence-corrected chi connectivity index (χ0v) is 9.72. The van der Waals surface area contributed by atoms with Crippen LogP contribution in [0.1, 0.15) is 17.3 Å². The van der Waals surface area contributed by atoms with Crippen molar-refractivity contribution in [3.63, 3.8) is 0 Å². The van der Waals surface area contributed by atoms with Gasteiger partial charge in [-0.1, -0.05) is 6.07 Å². The summed E-state index contributed by atoms with van der Waals surface area (Å²) in [6.45, 7) is 1.19. The average molecular weight is 330 g/mol. The molecule has 6 heteroatoms. The summed E-state index contributed by atoms with van der Waals surface area (Å²) in [5.41, 5.74) is -0.0702. The molecule has 0 saturated heterocycles. The largest absolute Gasteiger partial charge is 0.573 e. The van der Waals surface area contributed by atoms with Crippen LogP contribution < -0.4 is 4.74 Å². The molecule has 0 aromatic heterocycles. The van der Waals surface area contributed by atoms with E-state index in [-0.39, 0.29) is 9.13 Å². The number of ketones is 1. The first-order valence-corrected chi connectivity index (χ1v) is 4.94. The molecule has 0 unspecified atom stereocenters. The maximum absolute atomic E-state index is 12.0. The van der Waals surface area contributed by atoms with E-state index in [0.717, 1.165) is 0 Å². The SMILES string of the molecule is CC(=O)c1cccc(I)c1OC(F)(F)F. The maximum Gasteiger partial charge on any atom is 0.573 e. The minimum Gasteiger partial charge on any atom is -0.404 e. The average Bonchev–Trinajstić information content (AvgIpc) is 2.05. The van der Waals surface area contributed by atoms with Crippen LogP contribution in [0.15, 0.2) is 18.2 Å². The number of carbonyl (C=O) groups excluding carboxylic acids is 1. The number of alkyl halides is 3. The molecule has 0 saturated carbocycles. The van der Waals surface area contributed by atoms with E-state index in [1.165, 1.54) is 25.1 Å². The van der Waals surface area contributed by atoms with Crippen LogP contribution in [0.4, 0.5) is 13.2 Å². The molecule has 0 amide bonds. The van der Waals surface area contributed by atoms with Gasteiger partial charge in [0.2, 0.25) is 0 Å². The van der Waals surface area contributed by atoms with Gasteiger partial charge in [-0.25, -0.2) is 0 Å². The molecule has 82 valence electrons. The molecule has 1 aromatic carbocycles. The molecule has 0 heterocycles. The smallest absolute Gasteiger partial charge is 0.404 e. The number of carbonyl (C=O) groups is 1. The Labute approximate surface area is 97.6 Å². The molecule has 1 rings (SSSR count). The van der Waals surface area contributed by atoms with Crippen LogP contribution >= 0.6 is 22.6 Å². The summed E-state index contributed by atoms with van der Waals surface area (Å²) in [7, 11) is 0. The second-order valence-corrected chi connectivity index (χ2v) is 3.88. The number of rotatable bonds is 2. The van der Waals surface area contributed by atoms with E-state index < -0.39 is 17.9 Å². The summed E-state index contributed by atoms with van der Waals surface area (Å²) in [5.74, 6) is -0.897. The number of ether oxygens (including phenoxy) is 1. The fourth-order valence-electron chi connectivity index (χ4n) is 1.01. The molecule has 0 atom stereocenters. The van der Waals surface area contributed by atoms with E-state index in [9.17, 15) is 18.0 Å². The summed E-state index contributed by atoms with van der Waals surface area (Å²) in [6, 6.07) is 4.24. The summed E-state index contributed by atoms with van der Waals surface area (Å²) < 4.78 is 40.1. The highest BCUT2D eigenvalue weighted by Crippen LogP contribution is 2.31. The fraction of sp³-hybridized carbons (Fsp3) is 0.222. The molecular formula is C9H6F3IO2. The van der Waals surface area contributed by atoms with Crippen LogP contribution in [0.2, 0.25) is 0 Å². The van der Waals surface area contributed by atoms with Crippen molar-refractivity contribution in [2.75, 3.05) is 0 Å². The van der Waals surface area contributed by atoms with Crippen molar-refractivity contribution >= 4 is 28.4 Å². The van der Waals surface area contributed by atoms with Crippen LogP contribution in [0.25, 0.3) is 0 Å². The molecule has 0 spiro atoms. The van der Waals surface area contributed by atoms with Gasteiger partial charge in [-0.3, -0.25) is 4.79 Å². The van der Waals surface area contributed by atoms with Crippen LogP contribution in [0.5, 0.6) is 5.75 Å². The van der Waals surface area contributed by atoms with Crippen LogP contribution in [-0.4, -0.2) is 12.1 Å². The van der Waals surface area contributed by atoms with Gasteiger partial charge in [0.1, 0.15) is 0 Å². The number of para-hydroxylation sites is 1. The van der Waals surface area contributed by atoms with E-state index in [1.54, 1.807) is 22.6 Å². The molecule has 15 heavy (non-hydrogen) atoms. The van der Waals surface area contributed by atoms with E-state index in [0.29, 0.717) is 0 Å². The topological polar surface area (TPSA) is 26.3 Å². The Morgan fingerprint density at radius 2 is 2.00 bits per heavy atom. The van der Waals surface area contributed by atoms with Crippen LogP contribution in [0, 0.1) is 3.57 Å². The van der Waals surface area contributed by atoms with E-state index in [1.807, 2.05) is 0 Å².